The van der Waals surface area contributed by atoms with Gasteiger partial charge < -0.3 is 25.0 Å². The van der Waals surface area contributed by atoms with Crippen molar-refractivity contribution in [1.29, 1.82) is 0 Å². The van der Waals surface area contributed by atoms with Crippen LogP contribution in [0.5, 0.6) is 0 Å². The molecule has 1 unspecified atom stereocenters. The van der Waals surface area contributed by atoms with Crippen molar-refractivity contribution in [2.45, 2.75) is 45.3 Å². The van der Waals surface area contributed by atoms with Gasteiger partial charge >= 0.3 is 18.1 Å². The Morgan fingerprint density at radius 2 is 2.04 bits per heavy atom. The van der Waals surface area contributed by atoms with Crippen molar-refractivity contribution in [3.63, 3.8) is 0 Å². The maximum Gasteiger partial charge on any atom is 0.410 e. The van der Waals surface area contributed by atoms with Crippen LogP contribution in [0.25, 0.3) is 0 Å². The van der Waals surface area contributed by atoms with Crippen molar-refractivity contribution in [3.05, 3.63) is 24.0 Å². The van der Waals surface area contributed by atoms with Crippen LogP contribution >= 0.6 is 0 Å². The van der Waals surface area contributed by atoms with Gasteiger partial charge in [0.15, 0.2) is 5.69 Å². The van der Waals surface area contributed by atoms with E-state index in [0.29, 0.717) is 13.1 Å². The summed E-state index contributed by atoms with van der Waals surface area (Å²) in [5.41, 5.74) is -0.296. The Balaban J connectivity index is 1.94. The van der Waals surface area contributed by atoms with Crippen molar-refractivity contribution < 1.29 is 23.9 Å². The number of ether oxygens (including phenoxy) is 2. The predicted octanol–water partition coefficient (Wildman–Crippen LogP) is 2.39. The summed E-state index contributed by atoms with van der Waals surface area (Å²) in [4.78, 5) is 41.8. The largest absolute Gasteiger partial charge is 0.464 e. The summed E-state index contributed by atoms with van der Waals surface area (Å²) in [5, 5.41) is 5.43. The minimum absolute atomic E-state index is 0.0224. The number of carbonyl (C=O) groups is 3. The Bertz CT molecular complexity index is 701. The Morgan fingerprint density at radius 1 is 1.30 bits per heavy atom. The van der Waals surface area contributed by atoms with Crippen LogP contribution in [-0.4, -0.2) is 59.8 Å². The number of piperidine rings is 1. The average Bonchev–Trinajstić information content (AvgIpc) is 2.60. The lowest BCUT2D eigenvalue weighted by molar-refractivity contribution is 0.0191. The maximum absolute atomic E-state index is 12.3. The van der Waals surface area contributed by atoms with Gasteiger partial charge in [-0.3, -0.25) is 0 Å². The van der Waals surface area contributed by atoms with E-state index in [2.05, 4.69) is 20.4 Å². The van der Waals surface area contributed by atoms with Gasteiger partial charge in [-0.2, -0.15) is 0 Å². The second-order valence-electron chi connectivity index (χ2n) is 7.26. The number of nitrogens with one attached hydrogen (secondary N) is 2. The lowest BCUT2D eigenvalue weighted by Gasteiger charge is -2.34. The van der Waals surface area contributed by atoms with Gasteiger partial charge in [-0.15, -0.1) is 0 Å². The monoisotopic (exact) mass is 378 g/mol. The maximum atomic E-state index is 12.3. The van der Waals surface area contributed by atoms with Crippen LogP contribution in [0.2, 0.25) is 0 Å². The van der Waals surface area contributed by atoms with E-state index in [0.717, 1.165) is 12.8 Å². The number of carbonyl (C=O) groups excluding carboxylic acids is 3. The van der Waals surface area contributed by atoms with Crippen molar-refractivity contribution in [3.8, 4) is 0 Å². The molecule has 0 spiro atoms. The topological polar surface area (TPSA) is 110 Å². The first-order valence-corrected chi connectivity index (χ1v) is 8.78. The Morgan fingerprint density at radius 3 is 2.70 bits per heavy atom. The van der Waals surface area contributed by atoms with E-state index in [4.69, 9.17) is 4.74 Å². The molecule has 9 nitrogen and oxygen atoms in total. The molecule has 2 heterocycles. The number of nitrogens with zero attached hydrogens (tertiary/aromatic N) is 2. The number of methoxy groups -OCH3 is 1. The number of esters is 1. The number of hydrogen-bond acceptors (Lipinski definition) is 6. The smallest absolute Gasteiger partial charge is 0.410 e. The number of hydrogen-bond donors (Lipinski definition) is 2. The van der Waals surface area contributed by atoms with E-state index in [1.165, 1.54) is 13.3 Å². The molecule has 1 saturated heterocycles. The molecule has 1 aliphatic rings. The second-order valence-corrected chi connectivity index (χ2v) is 7.26. The highest BCUT2D eigenvalue weighted by Gasteiger charge is 2.28. The van der Waals surface area contributed by atoms with Crippen LogP contribution in [0.4, 0.5) is 15.3 Å². The van der Waals surface area contributed by atoms with E-state index in [1.807, 2.05) is 20.8 Å². The zero-order valence-electron chi connectivity index (χ0n) is 16.1. The molecule has 27 heavy (non-hydrogen) atoms. The van der Waals surface area contributed by atoms with Gasteiger partial charge in [0.2, 0.25) is 0 Å². The van der Waals surface area contributed by atoms with Gasteiger partial charge in [0.05, 0.1) is 12.8 Å². The molecule has 1 aliphatic heterocycles. The summed E-state index contributed by atoms with van der Waals surface area (Å²) in [7, 11) is 1.24. The van der Waals surface area contributed by atoms with E-state index in [-0.39, 0.29) is 17.4 Å². The molecule has 9 heteroatoms. The molecule has 0 radical (unpaired) electrons. The van der Waals surface area contributed by atoms with E-state index in [1.54, 1.807) is 17.0 Å². The second kappa shape index (κ2) is 8.70. The third kappa shape index (κ3) is 6.12. The van der Waals surface area contributed by atoms with Crippen LogP contribution in [-0.2, 0) is 9.47 Å². The van der Waals surface area contributed by atoms with Crippen LogP contribution in [0.3, 0.4) is 0 Å². The number of rotatable bonds is 3. The first-order valence-electron chi connectivity index (χ1n) is 8.78. The SMILES string of the molecule is COC(=O)c1ncccc1NC(=O)NC1CCCN(C(=O)OC(C)(C)C)C1. The molecule has 3 amide bonds. The van der Waals surface area contributed by atoms with Crippen molar-refractivity contribution in [1.82, 2.24) is 15.2 Å². The average molecular weight is 378 g/mol. The van der Waals surface area contributed by atoms with Crippen LogP contribution in [0.1, 0.15) is 44.1 Å². The first kappa shape index (κ1) is 20.5. The lowest BCUT2D eigenvalue weighted by Crippen LogP contribution is -2.51. The van der Waals surface area contributed by atoms with E-state index < -0.39 is 23.7 Å². The fourth-order valence-corrected chi connectivity index (χ4v) is 2.70. The molecule has 0 saturated carbocycles. The van der Waals surface area contributed by atoms with Crippen LogP contribution < -0.4 is 10.6 Å². The van der Waals surface area contributed by atoms with Gasteiger partial charge in [-0.1, -0.05) is 0 Å². The number of urea groups is 1. The molecule has 2 N–H and O–H groups in total. The fraction of sp³-hybridized carbons (Fsp3) is 0.556. The quantitative estimate of drug-likeness (QED) is 0.782. The van der Waals surface area contributed by atoms with Gasteiger partial charge in [0, 0.05) is 25.3 Å². The third-order valence-electron chi connectivity index (χ3n) is 3.84. The Kier molecular flexibility index (Phi) is 6.59. The molecule has 1 atom stereocenters. The summed E-state index contributed by atoms with van der Waals surface area (Å²) in [6, 6.07) is 2.47. The summed E-state index contributed by atoms with van der Waals surface area (Å²) < 4.78 is 10.0. The Labute approximate surface area is 158 Å². The van der Waals surface area contributed by atoms with Gasteiger partial charge in [0.25, 0.3) is 0 Å². The van der Waals surface area contributed by atoms with Crippen LogP contribution in [0, 0.1) is 0 Å². The molecule has 1 aromatic rings. The highest BCUT2D eigenvalue weighted by Crippen LogP contribution is 2.16. The molecule has 148 valence electrons. The lowest BCUT2D eigenvalue weighted by atomic mass is 10.1. The minimum Gasteiger partial charge on any atom is -0.464 e. The highest BCUT2D eigenvalue weighted by molar-refractivity contribution is 5.99. The molecule has 0 aromatic carbocycles. The number of aromatic nitrogens is 1. The number of pyridine rings is 1. The van der Waals surface area contributed by atoms with E-state index in [9.17, 15) is 14.4 Å². The van der Waals surface area contributed by atoms with Crippen LogP contribution in [0.15, 0.2) is 18.3 Å². The highest BCUT2D eigenvalue weighted by atomic mass is 16.6. The number of amides is 3. The van der Waals surface area contributed by atoms with Crippen molar-refractivity contribution in [2.75, 3.05) is 25.5 Å². The summed E-state index contributed by atoms with van der Waals surface area (Å²) in [6.45, 7) is 6.38. The normalized spacial score (nSPS) is 17.0. The molecule has 0 aliphatic carbocycles. The van der Waals surface area contributed by atoms with Crippen molar-refractivity contribution >= 4 is 23.8 Å². The van der Waals surface area contributed by atoms with Gasteiger partial charge in [-0.05, 0) is 45.7 Å². The summed E-state index contributed by atoms with van der Waals surface area (Å²) in [6.07, 6.45) is 2.54. The summed E-state index contributed by atoms with van der Waals surface area (Å²) >= 11 is 0. The molecule has 1 aromatic heterocycles. The zero-order valence-corrected chi connectivity index (χ0v) is 16.1. The number of likely N-dealkylation sites (tertiary alicyclic amines) is 1. The van der Waals surface area contributed by atoms with Crippen molar-refractivity contribution in [2.24, 2.45) is 0 Å². The Hall–Kier alpha value is -2.84. The fourth-order valence-electron chi connectivity index (χ4n) is 2.70. The molecular weight excluding hydrogens is 352 g/mol. The summed E-state index contributed by atoms with van der Waals surface area (Å²) in [5.74, 6) is -0.639. The molecule has 1 fully saturated rings. The minimum atomic E-state index is -0.639. The third-order valence-corrected chi connectivity index (χ3v) is 3.84. The molecule has 2 rings (SSSR count). The standard InChI is InChI=1S/C18H26N4O5/c1-18(2,3)27-17(25)22-10-6-7-12(11-22)20-16(24)21-13-8-5-9-19-14(13)15(23)26-4/h5,8-9,12H,6-7,10-11H2,1-4H3,(H2,20,21,24). The first-order chi connectivity index (χ1) is 12.7. The van der Waals surface area contributed by atoms with Gasteiger partial charge in [-0.25, -0.2) is 19.4 Å². The number of anilines is 1. The molecule has 0 bridgehead atoms. The zero-order chi connectivity index (χ0) is 20.0. The van der Waals surface area contributed by atoms with E-state index >= 15 is 0 Å². The van der Waals surface area contributed by atoms with Gasteiger partial charge in [0.1, 0.15) is 5.60 Å². The molecular formula is C18H26N4O5. The predicted molar refractivity (Wildman–Crippen MR) is 98.6 cm³/mol.